The third-order valence-corrected chi connectivity index (χ3v) is 4.01. The van der Waals surface area contributed by atoms with Crippen LogP contribution in [0.3, 0.4) is 0 Å². The molecule has 2 rings (SSSR count). The Kier molecular flexibility index (Phi) is 6.04. The van der Waals surface area contributed by atoms with E-state index in [4.69, 9.17) is 4.42 Å². The van der Waals surface area contributed by atoms with Crippen LogP contribution in [0.15, 0.2) is 34.7 Å². The van der Waals surface area contributed by atoms with E-state index in [2.05, 4.69) is 32.0 Å². The highest BCUT2D eigenvalue weighted by molar-refractivity contribution is 5.77. The van der Waals surface area contributed by atoms with Gasteiger partial charge in [0.1, 0.15) is 0 Å². The zero-order chi connectivity index (χ0) is 14.2. The molecule has 0 N–H and O–H groups in total. The highest BCUT2D eigenvalue weighted by Gasteiger charge is 2.13. The first-order chi connectivity index (χ1) is 9.81. The Labute approximate surface area is 123 Å². The summed E-state index contributed by atoms with van der Waals surface area (Å²) in [6, 6.07) is 10.6. The number of para-hydroxylation sites is 1. The fraction of sp³-hybridized carbons (Fsp3) is 0.526. The molecule has 0 spiro atoms. The summed E-state index contributed by atoms with van der Waals surface area (Å²) in [5, 5.41) is 1.22. The lowest BCUT2D eigenvalue weighted by Gasteiger charge is -2.01. The molecule has 0 aliphatic carbocycles. The average Bonchev–Trinajstić information content (AvgIpc) is 2.46. The van der Waals surface area contributed by atoms with Crippen LogP contribution < -0.4 is 0 Å². The molecule has 0 unspecified atom stereocenters. The van der Waals surface area contributed by atoms with Crippen LogP contribution in [0.2, 0.25) is 0 Å². The Morgan fingerprint density at radius 2 is 1.60 bits per heavy atom. The zero-order valence-corrected chi connectivity index (χ0v) is 13.0. The van der Waals surface area contributed by atoms with Crippen molar-refractivity contribution in [2.75, 3.05) is 0 Å². The summed E-state index contributed by atoms with van der Waals surface area (Å²) in [7, 11) is 0. The molecule has 0 fully saturated rings. The fourth-order valence-corrected chi connectivity index (χ4v) is 2.73. The standard InChI is InChI=1S/C19H27O/c1-3-4-5-6-7-8-9-12-17-15-18-13-10-11-14-19(18)20-16(17)2/h10-11,13-15H,3-9,12H2,1-2H3/q+1. The number of aryl methyl sites for hydroxylation is 2. The minimum atomic E-state index is 0.994. The number of hydrogen-bond acceptors (Lipinski definition) is 0. The minimum Gasteiger partial charge on any atom is -0.212 e. The third-order valence-electron chi connectivity index (χ3n) is 4.01. The lowest BCUT2D eigenvalue weighted by atomic mass is 10.0. The highest BCUT2D eigenvalue weighted by Crippen LogP contribution is 2.21. The molecule has 0 bridgehead atoms. The Hall–Kier alpha value is -1.37. The van der Waals surface area contributed by atoms with Crippen LogP contribution in [-0.2, 0) is 6.42 Å². The van der Waals surface area contributed by atoms with Gasteiger partial charge >= 0.3 is 11.3 Å². The van der Waals surface area contributed by atoms with E-state index in [9.17, 15) is 0 Å². The molecule has 20 heavy (non-hydrogen) atoms. The quantitative estimate of drug-likeness (QED) is 0.404. The predicted molar refractivity (Wildman–Crippen MR) is 87.1 cm³/mol. The Morgan fingerprint density at radius 1 is 0.900 bits per heavy atom. The summed E-state index contributed by atoms with van der Waals surface area (Å²) in [6.45, 7) is 4.36. The van der Waals surface area contributed by atoms with E-state index in [1.807, 2.05) is 12.1 Å². The van der Waals surface area contributed by atoms with Crippen molar-refractivity contribution in [3.63, 3.8) is 0 Å². The Bertz CT molecular complexity index is 530. The van der Waals surface area contributed by atoms with E-state index in [1.54, 1.807) is 0 Å². The van der Waals surface area contributed by atoms with Crippen LogP contribution in [0, 0.1) is 6.92 Å². The van der Waals surface area contributed by atoms with Crippen molar-refractivity contribution in [3.8, 4) is 0 Å². The van der Waals surface area contributed by atoms with Crippen molar-refractivity contribution in [1.82, 2.24) is 0 Å². The van der Waals surface area contributed by atoms with Gasteiger partial charge in [-0.25, -0.2) is 4.42 Å². The van der Waals surface area contributed by atoms with E-state index in [1.165, 1.54) is 55.9 Å². The molecule has 0 saturated heterocycles. The summed E-state index contributed by atoms with van der Waals surface area (Å²) in [5.41, 5.74) is 2.37. The van der Waals surface area contributed by atoms with Gasteiger partial charge in [0.15, 0.2) is 0 Å². The van der Waals surface area contributed by atoms with Crippen LogP contribution in [0.25, 0.3) is 11.0 Å². The monoisotopic (exact) mass is 271 g/mol. The highest BCUT2D eigenvalue weighted by atomic mass is 16.3. The molecule has 108 valence electrons. The summed E-state index contributed by atoms with van der Waals surface area (Å²) in [6.07, 6.45) is 10.7. The van der Waals surface area contributed by atoms with Gasteiger partial charge < -0.3 is 0 Å². The molecule has 1 aromatic heterocycles. The second-order valence-electron chi connectivity index (χ2n) is 5.74. The van der Waals surface area contributed by atoms with Crippen LogP contribution in [0.5, 0.6) is 0 Å². The van der Waals surface area contributed by atoms with Crippen molar-refractivity contribution in [2.24, 2.45) is 0 Å². The first-order valence-corrected chi connectivity index (χ1v) is 8.12. The summed E-state index contributed by atoms with van der Waals surface area (Å²) in [5.74, 6) is 1.08. The number of hydrogen-bond donors (Lipinski definition) is 0. The van der Waals surface area contributed by atoms with Crippen molar-refractivity contribution < 1.29 is 4.42 Å². The van der Waals surface area contributed by atoms with Crippen molar-refractivity contribution in [1.29, 1.82) is 0 Å². The molecule has 0 aliphatic heterocycles. The predicted octanol–water partition coefficient (Wildman–Crippen LogP) is 6.32. The topological polar surface area (TPSA) is 11.3 Å². The molecule has 0 saturated carbocycles. The zero-order valence-electron chi connectivity index (χ0n) is 13.0. The molecule has 1 aromatic carbocycles. The Morgan fingerprint density at radius 3 is 2.40 bits per heavy atom. The lowest BCUT2D eigenvalue weighted by Crippen LogP contribution is -1.91. The molecular formula is C19H27O+. The smallest absolute Gasteiger partial charge is 0.212 e. The SMILES string of the molecule is CCCCCCCCCc1cc2ccccc2[o+]c1C. The molecule has 0 amide bonds. The number of unbranched alkanes of at least 4 members (excludes halogenated alkanes) is 6. The third kappa shape index (κ3) is 4.33. The molecule has 2 aromatic rings. The van der Waals surface area contributed by atoms with Crippen LogP contribution in [0.4, 0.5) is 0 Å². The van der Waals surface area contributed by atoms with Crippen LogP contribution in [-0.4, -0.2) is 0 Å². The maximum atomic E-state index is 5.90. The molecule has 0 radical (unpaired) electrons. The molecule has 1 heterocycles. The lowest BCUT2D eigenvalue weighted by molar-refractivity contribution is 0.546. The van der Waals surface area contributed by atoms with Gasteiger partial charge in [-0.3, -0.25) is 0 Å². The second-order valence-corrected chi connectivity index (χ2v) is 5.74. The van der Waals surface area contributed by atoms with E-state index >= 15 is 0 Å². The maximum Gasteiger partial charge on any atom is 0.360 e. The number of benzene rings is 1. The second kappa shape index (κ2) is 8.04. The van der Waals surface area contributed by atoms with Gasteiger partial charge in [-0.2, -0.15) is 0 Å². The van der Waals surface area contributed by atoms with Crippen molar-refractivity contribution >= 4 is 11.0 Å². The first-order valence-electron chi connectivity index (χ1n) is 8.12. The van der Waals surface area contributed by atoms with Crippen LogP contribution in [0.1, 0.15) is 63.2 Å². The molecule has 0 aliphatic rings. The largest absolute Gasteiger partial charge is 0.360 e. The van der Waals surface area contributed by atoms with Gasteiger partial charge in [-0.1, -0.05) is 57.6 Å². The van der Waals surface area contributed by atoms with Crippen molar-refractivity contribution in [2.45, 2.75) is 65.2 Å². The molecule has 0 atom stereocenters. The summed E-state index contributed by atoms with van der Waals surface area (Å²) in [4.78, 5) is 0. The number of rotatable bonds is 8. The first kappa shape index (κ1) is 15.0. The van der Waals surface area contributed by atoms with Crippen LogP contribution >= 0.6 is 0 Å². The molecule has 1 nitrogen and oxygen atoms in total. The number of fused-ring (bicyclic) bond motifs is 1. The molecular weight excluding hydrogens is 244 g/mol. The van der Waals surface area contributed by atoms with Crippen molar-refractivity contribution in [3.05, 3.63) is 41.7 Å². The Balaban J connectivity index is 1.82. The van der Waals surface area contributed by atoms with E-state index in [0.29, 0.717) is 0 Å². The average molecular weight is 271 g/mol. The summed E-state index contributed by atoms with van der Waals surface area (Å²) >= 11 is 0. The van der Waals surface area contributed by atoms with E-state index in [0.717, 1.165) is 17.8 Å². The van der Waals surface area contributed by atoms with E-state index in [-0.39, 0.29) is 0 Å². The van der Waals surface area contributed by atoms with Gasteiger partial charge in [0.05, 0.1) is 17.9 Å². The van der Waals surface area contributed by atoms with Gasteiger partial charge in [0.2, 0.25) is 0 Å². The summed E-state index contributed by atoms with van der Waals surface area (Å²) < 4.78 is 5.90. The fourth-order valence-electron chi connectivity index (χ4n) is 2.73. The van der Waals surface area contributed by atoms with Gasteiger partial charge in [0, 0.05) is 6.07 Å². The maximum absolute atomic E-state index is 5.90. The van der Waals surface area contributed by atoms with Gasteiger partial charge in [0.25, 0.3) is 0 Å². The normalized spacial score (nSPS) is 11.1. The van der Waals surface area contributed by atoms with Gasteiger partial charge in [-0.15, -0.1) is 0 Å². The molecule has 1 heteroatoms. The van der Waals surface area contributed by atoms with E-state index < -0.39 is 0 Å². The van der Waals surface area contributed by atoms with Gasteiger partial charge in [-0.05, 0) is 25.0 Å². The minimum absolute atomic E-state index is 0.994.